The summed E-state index contributed by atoms with van der Waals surface area (Å²) < 4.78 is 1.54. The van der Waals surface area contributed by atoms with Crippen LogP contribution in [0.25, 0.3) is 11.1 Å². The zero-order valence-corrected chi connectivity index (χ0v) is 25.2. The summed E-state index contributed by atoms with van der Waals surface area (Å²) >= 11 is 1.52. The van der Waals surface area contributed by atoms with Gasteiger partial charge in [0.15, 0.2) is 0 Å². The molecular weight excluding hydrogens is 522 g/mol. The predicted octanol–water partition coefficient (Wildman–Crippen LogP) is 5.41. The number of aliphatic hydroxyl groups is 1. The highest BCUT2D eigenvalue weighted by molar-refractivity contribution is 7.08. The van der Waals surface area contributed by atoms with Crippen LogP contribution in [-0.2, 0) is 11.3 Å². The zero-order valence-electron chi connectivity index (χ0n) is 24.4. The van der Waals surface area contributed by atoms with Gasteiger partial charge in [-0.3, -0.25) is 14.4 Å². The summed E-state index contributed by atoms with van der Waals surface area (Å²) in [6, 6.07) is 3.45. The van der Waals surface area contributed by atoms with Crippen molar-refractivity contribution in [3.05, 3.63) is 45.0 Å². The molecule has 3 heterocycles. The number of aromatic nitrogens is 1. The van der Waals surface area contributed by atoms with Gasteiger partial charge in [-0.05, 0) is 54.0 Å². The van der Waals surface area contributed by atoms with Crippen LogP contribution < -0.4 is 5.56 Å². The molecule has 3 fully saturated rings. The van der Waals surface area contributed by atoms with Gasteiger partial charge in [0.2, 0.25) is 5.91 Å². The van der Waals surface area contributed by atoms with Crippen LogP contribution in [0.15, 0.2) is 33.9 Å². The van der Waals surface area contributed by atoms with Crippen molar-refractivity contribution in [2.45, 2.75) is 89.7 Å². The molecule has 5 rings (SSSR count). The van der Waals surface area contributed by atoms with Gasteiger partial charge in [-0.2, -0.15) is 11.3 Å². The van der Waals surface area contributed by atoms with Crippen molar-refractivity contribution in [2.75, 3.05) is 27.2 Å². The average Bonchev–Trinajstić information content (AvgIpc) is 3.65. The van der Waals surface area contributed by atoms with Crippen LogP contribution in [0, 0.1) is 17.3 Å². The van der Waals surface area contributed by atoms with Crippen LogP contribution in [0.2, 0.25) is 0 Å². The van der Waals surface area contributed by atoms with E-state index in [0.29, 0.717) is 36.6 Å². The van der Waals surface area contributed by atoms with Crippen molar-refractivity contribution >= 4 is 23.2 Å². The second-order valence-electron chi connectivity index (χ2n) is 12.9. The number of hydrogen-bond donors (Lipinski definition) is 1. The molecule has 2 aliphatic carbocycles. The first-order valence-corrected chi connectivity index (χ1v) is 16.1. The molecule has 8 heteroatoms. The van der Waals surface area contributed by atoms with Crippen molar-refractivity contribution in [1.82, 2.24) is 14.4 Å². The molecule has 2 aromatic heterocycles. The van der Waals surface area contributed by atoms with E-state index in [4.69, 9.17) is 0 Å². The van der Waals surface area contributed by atoms with Gasteiger partial charge in [-0.25, -0.2) is 0 Å². The van der Waals surface area contributed by atoms with Crippen LogP contribution in [0.4, 0.5) is 0 Å². The minimum absolute atomic E-state index is 0.000353. The summed E-state index contributed by atoms with van der Waals surface area (Å²) in [6.45, 7) is 3.25. The number of carbonyl (C=O) groups is 2. The van der Waals surface area contributed by atoms with Gasteiger partial charge in [0, 0.05) is 56.3 Å². The van der Waals surface area contributed by atoms with Gasteiger partial charge < -0.3 is 19.5 Å². The number of rotatable bonds is 7. The molecule has 40 heavy (non-hydrogen) atoms. The lowest BCUT2D eigenvalue weighted by atomic mass is 9.65. The molecule has 218 valence electrons. The summed E-state index contributed by atoms with van der Waals surface area (Å²) in [5.74, 6) is 0.692. The minimum atomic E-state index is -1.13. The maximum Gasteiger partial charge on any atom is 0.255 e. The first-order chi connectivity index (χ1) is 19.1. The lowest BCUT2D eigenvalue weighted by molar-refractivity contribution is -0.163. The van der Waals surface area contributed by atoms with Crippen LogP contribution in [-0.4, -0.2) is 64.1 Å². The van der Waals surface area contributed by atoms with E-state index in [2.05, 4.69) is 6.92 Å². The number of thiophene rings is 1. The van der Waals surface area contributed by atoms with Gasteiger partial charge in [0.25, 0.3) is 11.5 Å². The summed E-state index contributed by atoms with van der Waals surface area (Å²) in [5.41, 5.74) is 0.131. The first-order valence-electron chi connectivity index (χ1n) is 15.1. The van der Waals surface area contributed by atoms with Gasteiger partial charge >= 0.3 is 0 Å². The molecule has 1 N–H and O–H groups in total. The van der Waals surface area contributed by atoms with E-state index in [0.717, 1.165) is 37.7 Å². The Hall–Kier alpha value is -2.45. The van der Waals surface area contributed by atoms with E-state index in [1.165, 1.54) is 59.0 Å². The average molecular weight is 568 g/mol. The monoisotopic (exact) mass is 567 g/mol. The SMILES string of the molecule is CC(CC1CCCCC1)C(=O)N1CCC(O)(Cn2cc(C(=O)N(C)C)c(-c3ccsc3)cc2=O)C2(CCCC2)C1. The molecule has 2 atom stereocenters. The molecule has 1 saturated heterocycles. The Morgan fingerprint density at radius 3 is 2.50 bits per heavy atom. The molecule has 1 spiro atoms. The van der Waals surface area contributed by atoms with E-state index in [-0.39, 0.29) is 29.8 Å². The largest absolute Gasteiger partial charge is 0.387 e. The van der Waals surface area contributed by atoms with Gasteiger partial charge in [-0.15, -0.1) is 0 Å². The number of likely N-dealkylation sites (tertiary alicyclic amines) is 1. The fraction of sp³-hybridized carbons (Fsp3) is 0.656. The molecule has 7 nitrogen and oxygen atoms in total. The lowest BCUT2D eigenvalue weighted by Gasteiger charge is -2.53. The molecule has 3 aliphatic rings. The van der Waals surface area contributed by atoms with Gasteiger partial charge in [0.05, 0.1) is 17.7 Å². The van der Waals surface area contributed by atoms with Crippen LogP contribution in [0.1, 0.15) is 87.9 Å². The third kappa shape index (κ3) is 5.67. The topological polar surface area (TPSA) is 82.8 Å². The number of nitrogens with zero attached hydrogens (tertiary/aromatic N) is 3. The molecule has 0 bridgehead atoms. The smallest absolute Gasteiger partial charge is 0.255 e. The molecule has 1 aliphatic heterocycles. The molecule has 2 amide bonds. The Morgan fingerprint density at radius 2 is 1.85 bits per heavy atom. The predicted molar refractivity (Wildman–Crippen MR) is 159 cm³/mol. The second-order valence-corrected chi connectivity index (χ2v) is 13.7. The second kappa shape index (κ2) is 11.8. The third-order valence-electron chi connectivity index (χ3n) is 10.0. The highest BCUT2D eigenvalue weighted by Crippen LogP contribution is 2.52. The fourth-order valence-corrected chi connectivity index (χ4v) is 8.32. The highest BCUT2D eigenvalue weighted by atomic mass is 32.1. The van der Waals surface area contributed by atoms with Crippen LogP contribution >= 0.6 is 11.3 Å². The van der Waals surface area contributed by atoms with Gasteiger partial charge in [0.1, 0.15) is 0 Å². The van der Waals surface area contributed by atoms with Crippen molar-refractivity contribution in [1.29, 1.82) is 0 Å². The van der Waals surface area contributed by atoms with Crippen LogP contribution in [0.5, 0.6) is 0 Å². The minimum Gasteiger partial charge on any atom is -0.387 e. The maximum atomic E-state index is 13.6. The number of carbonyl (C=O) groups excluding carboxylic acids is 2. The molecular formula is C32H45N3O4S. The summed E-state index contributed by atoms with van der Waals surface area (Å²) in [5, 5.41) is 16.2. The van der Waals surface area contributed by atoms with E-state index in [1.54, 1.807) is 20.3 Å². The van der Waals surface area contributed by atoms with E-state index >= 15 is 0 Å². The van der Waals surface area contributed by atoms with E-state index in [1.807, 2.05) is 21.7 Å². The number of amides is 2. The zero-order chi connectivity index (χ0) is 28.5. The van der Waals surface area contributed by atoms with Gasteiger partial charge in [-0.1, -0.05) is 51.9 Å². The Labute approximate surface area is 242 Å². The molecule has 2 saturated carbocycles. The number of piperidine rings is 1. The Balaban J connectivity index is 1.39. The molecule has 0 radical (unpaired) electrons. The van der Waals surface area contributed by atoms with E-state index < -0.39 is 11.0 Å². The number of hydrogen-bond acceptors (Lipinski definition) is 5. The summed E-state index contributed by atoms with van der Waals surface area (Å²) in [7, 11) is 3.41. The number of pyridine rings is 1. The quantitative estimate of drug-likeness (QED) is 0.485. The van der Waals surface area contributed by atoms with Crippen molar-refractivity contribution in [3.63, 3.8) is 0 Å². The van der Waals surface area contributed by atoms with E-state index in [9.17, 15) is 19.5 Å². The Kier molecular flexibility index (Phi) is 8.58. The lowest BCUT2D eigenvalue weighted by Crippen LogP contribution is -2.62. The molecule has 2 aromatic rings. The normalized spacial score (nSPS) is 23.9. The van der Waals surface area contributed by atoms with Crippen LogP contribution in [0.3, 0.4) is 0 Å². The van der Waals surface area contributed by atoms with Crippen molar-refractivity contribution in [2.24, 2.45) is 17.3 Å². The third-order valence-corrected chi connectivity index (χ3v) is 10.7. The highest BCUT2D eigenvalue weighted by Gasteiger charge is 2.55. The Morgan fingerprint density at radius 1 is 1.12 bits per heavy atom. The fourth-order valence-electron chi connectivity index (χ4n) is 7.67. The molecule has 0 aromatic carbocycles. The van der Waals surface area contributed by atoms with Crippen molar-refractivity contribution < 1.29 is 14.7 Å². The summed E-state index contributed by atoms with van der Waals surface area (Å²) in [6.07, 6.45) is 13.1. The van der Waals surface area contributed by atoms with Crippen molar-refractivity contribution in [3.8, 4) is 11.1 Å². The standard InChI is InChI=1S/C32H45N3O4S/c1-23(17-24-9-5-4-6-10-24)29(37)34-15-14-32(39,31(21-34)12-7-8-13-31)22-35-19-27(30(38)33(2)3)26(18-28(35)36)25-11-16-40-20-25/h11,16,18-20,23-24,39H,4-10,12-15,17,21-22H2,1-3H3. The summed E-state index contributed by atoms with van der Waals surface area (Å²) in [4.78, 5) is 43.7. The maximum absolute atomic E-state index is 13.6. The first kappa shape index (κ1) is 29.1. The Bertz CT molecular complexity index is 1260. The molecule has 2 unspecified atom stereocenters.